The number of nitrogens with zero attached hydrogens (tertiary/aromatic N) is 1. The molecule has 132 valence electrons. The minimum absolute atomic E-state index is 0.266. The lowest BCUT2D eigenvalue weighted by atomic mass is 10.1. The van der Waals surface area contributed by atoms with Gasteiger partial charge in [-0.3, -0.25) is 14.4 Å². The van der Waals surface area contributed by atoms with Crippen molar-refractivity contribution in [3.63, 3.8) is 0 Å². The summed E-state index contributed by atoms with van der Waals surface area (Å²) < 4.78 is 5.19. The Balaban J connectivity index is 1.79. The maximum absolute atomic E-state index is 12.4. The van der Waals surface area contributed by atoms with Crippen LogP contribution in [0.4, 0.5) is 11.4 Å². The van der Waals surface area contributed by atoms with Crippen molar-refractivity contribution in [2.45, 2.75) is 0 Å². The van der Waals surface area contributed by atoms with E-state index in [-0.39, 0.29) is 21.7 Å². The van der Waals surface area contributed by atoms with Crippen LogP contribution in [0.15, 0.2) is 58.6 Å². The Bertz CT molecular complexity index is 914. The van der Waals surface area contributed by atoms with Gasteiger partial charge in [-0.25, -0.2) is 4.90 Å². The Hall–Kier alpha value is -2.83. The third kappa shape index (κ3) is 3.16. The van der Waals surface area contributed by atoms with E-state index in [1.807, 2.05) is 0 Å². The number of hydrogen-bond donors (Lipinski definition) is 1. The number of imide groups is 1. The highest BCUT2D eigenvalue weighted by atomic mass is 35.5. The van der Waals surface area contributed by atoms with Crippen molar-refractivity contribution >= 4 is 52.3 Å². The van der Waals surface area contributed by atoms with Crippen LogP contribution >= 0.6 is 23.2 Å². The molecule has 0 unspecified atom stereocenters. The maximum Gasteiger partial charge on any atom is 0.278 e. The monoisotopic (exact) mass is 390 g/mol. The van der Waals surface area contributed by atoms with Crippen LogP contribution < -0.4 is 15.0 Å². The van der Waals surface area contributed by atoms with E-state index in [2.05, 4.69) is 5.32 Å². The molecule has 8 heteroatoms. The number of methoxy groups -OCH3 is 1. The average Bonchev–Trinajstić information content (AvgIpc) is 2.85. The van der Waals surface area contributed by atoms with Crippen LogP contribution in [0.5, 0.6) is 5.75 Å². The van der Waals surface area contributed by atoms with Gasteiger partial charge in [0, 0.05) is 5.56 Å². The van der Waals surface area contributed by atoms with Crippen molar-refractivity contribution in [1.29, 1.82) is 0 Å². The maximum atomic E-state index is 12.4. The van der Waals surface area contributed by atoms with Crippen LogP contribution in [0, 0.1) is 0 Å². The lowest BCUT2D eigenvalue weighted by molar-refractivity contribution is -0.120. The normalized spacial score (nSPS) is 14.0. The summed E-state index contributed by atoms with van der Waals surface area (Å²) in [7, 11) is 1.51. The molecular weight excluding hydrogens is 379 g/mol. The molecule has 2 aromatic carbocycles. The largest absolute Gasteiger partial charge is 0.495 e. The molecule has 0 spiro atoms. The van der Waals surface area contributed by atoms with Gasteiger partial charge in [0.2, 0.25) is 0 Å². The number of benzene rings is 2. The zero-order valence-corrected chi connectivity index (χ0v) is 15.0. The Morgan fingerprint density at radius 3 is 2.12 bits per heavy atom. The Morgan fingerprint density at radius 1 is 0.962 bits per heavy atom. The third-order valence-corrected chi connectivity index (χ3v) is 4.52. The highest BCUT2D eigenvalue weighted by Gasteiger charge is 2.37. The number of nitrogens with one attached hydrogen (secondary N) is 1. The molecule has 0 saturated heterocycles. The number of rotatable bonds is 4. The fourth-order valence-electron chi connectivity index (χ4n) is 2.42. The highest BCUT2D eigenvalue weighted by molar-refractivity contribution is 6.62. The van der Waals surface area contributed by atoms with Crippen LogP contribution in [0.25, 0.3) is 0 Å². The SMILES string of the molecule is COc1ccccc1NC(=O)c1ccc(N2C(=O)C(Cl)=C(Cl)C2=O)cc1. The fraction of sp³-hybridized carbons (Fsp3) is 0.0556. The molecule has 3 amide bonds. The van der Waals surface area contributed by atoms with Gasteiger partial charge in [0.25, 0.3) is 17.7 Å². The van der Waals surface area contributed by atoms with E-state index < -0.39 is 11.8 Å². The topological polar surface area (TPSA) is 75.7 Å². The fourth-order valence-corrected chi connectivity index (χ4v) is 2.75. The van der Waals surface area contributed by atoms with Crippen LogP contribution in [-0.4, -0.2) is 24.8 Å². The van der Waals surface area contributed by atoms with E-state index in [0.29, 0.717) is 17.0 Å². The Morgan fingerprint density at radius 2 is 1.54 bits per heavy atom. The van der Waals surface area contributed by atoms with Gasteiger partial charge in [-0.1, -0.05) is 35.3 Å². The first kappa shape index (κ1) is 18.0. The predicted molar refractivity (Wildman–Crippen MR) is 98.6 cm³/mol. The first-order valence-corrected chi connectivity index (χ1v) is 8.18. The molecule has 0 saturated carbocycles. The van der Waals surface area contributed by atoms with Gasteiger partial charge in [0.1, 0.15) is 15.8 Å². The second-order valence-corrected chi connectivity index (χ2v) is 6.03. The number of anilines is 2. The molecule has 0 atom stereocenters. The summed E-state index contributed by atoms with van der Waals surface area (Å²) in [5.74, 6) is -1.24. The lowest BCUT2D eigenvalue weighted by Gasteiger charge is -2.15. The molecule has 2 aromatic rings. The van der Waals surface area contributed by atoms with Gasteiger partial charge in [0.15, 0.2) is 0 Å². The summed E-state index contributed by atoms with van der Waals surface area (Å²) in [5.41, 5.74) is 1.13. The van der Waals surface area contributed by atoms with Gasteiger partial charge >= 0.3 is 0 Å². The minimum Gasteiger partial charge on any atom is -0.495 e. The second-order valence-electron chi connectivity index (χ2n) is 5.27. The van der Waals surface area contributed by atoms with Gasteiger partial charge < -0.3 is 10.1 Å². The van der Waals surface area contributed by atoms with Crippen molar-refractivity contribution in [1.82, 2.24) is 0 Å². The second kappa shape index (κ2) is 7.19. The molecule has 0 bridgehead atoms. The quantitative estimate of drug-likeness (QED) is 0.810. The lowest BCUT2D eigenvalue weighted by Crippen LogP contribution is -2.30. The molecule has 0 aliphatic carbocycles. The number of carbonyl (C=O) groups excluding carboxylic acids is 3. The molecule has 3 rings (SSSR count). The van der Waals surface area contributed by atoms with E-state index in [0.717, 1.165) is 4.90 Å². The molecule has 1 N–H and O–H groups in total. The smallest absolute Gasteiger partial charge is 0.278 e. The van der Waals surface area contributed by atoms with Crippen LogP contribution in [0.3, 0.4) is 0 Å². The highest BCUT2D eigenvalue weighted by Crippen LogP contribution is 2.31. The van der Waals surface area contributed by atoms with Crippen molar-refractivity contribution in [2.24, 2.45) is 0 Å². The van der Waals surface area contributed by atoms with Crippen molar-refractivity contribution in [2.75, 3.05) is 17.3 Å². The number of halogens is 2. The number of amides is 3. The molecular formula is C18H12Cl2N2O4. The number of hydrogen-bond acceptors (Lipinski definition) is 4. The van der Waals surface area contributed by atoms with Gasteiger partial charge in [0.05, 0.1) is 18.5 Å². The zero-order valence-electron chi connectivity index (χ0n) is 13.5. The Labute approximate surface area is 158 Å². The van der Waals surface area contributed by atoms with Crippen molar-refractivity contribution in [3.8, 4) is 5.75 Å². The molecule has 26 heavy (non-hydrogen) atoms. The number of carbonyl (C=O) groups is 3. The molecule has 0 radical (unpaired) electrons. The van der Waals surface area contributed by atoms with Crippen molar-refractivity contribution in [3.05, 3.63) is 64.2 Å². The van der Waals surface area contributed by atoms with Crippen LogP contribution in [0.1, 0.15) is 10.4 Å². The van der Waals surface area contributed by atoms with Crippen LogP contribution in [-0.2, 0) is 9.59 Å². The summed E-state index contributed by atoms with van der Waals surface area (Å²) in [4.78, 5) is 37.2. The van der Waals surface area contributed by atoms with Crippen molar-refractivity contribution < 1.29 is 19.1 Å². The molecule has 0 fully saturated rings. The van der Waals surface area contributed by atoms with Gasteiger partial charge in [-0.15, -0.1) is 0 Å². The predicted octanol–water partition coefficient (Wildman–Crippen LogP) is 3.51. The number of ether oxygens (including phenoxy) is 1. The number of para-hydroxylation sites is 2. The van der Waals surface area contributed by atoms with E-state index in [1.165, 1.54) is 31.4 Å². The van der Waals surface area contributed by atoms with E-state index in [4.69, 9.17) is 27.9 Å². The summed E-state index contributed by atoms with van der Waals surface area (Å²) in [6, 6.07) is 12.9. The third-order valence-electron chi connectivity index (χ3n) is 3.72. The first-order valence-electron chi connectivity index (χ1n) is 7.42. The van der Waals surface area contributed by atoms with Gasteiger partial charge in [-0.2, -0.15) is 0 Å². The van der Waals surface area contributed by atoms with E-state index >= 15 is 0 Å². The summed E-state index contributed by atoms with van der Waals surface area (Å²) in [6.45, 7) is 0. The standard InChI is InChI=1S/C18H12Cl2N2O4/c1-26-13-5-3-2-4-12(13)21-16(23)10-6-8-11(9-7-10)22-17(24)14(19)15(20)18(22)25/h2-9H,1H3,(H,21,23). The zero-order chi connectivity index (χ0) is 18.8. The minimum atomic E-state index is -0.701. The van der Waals surface area contributed by atoms with Gasteiger partial charge in [-0.05, 0) is 36.4 Å². The molecule has 1 heterocycles. The average molecular weight is 391 g/mol. The Kier molecular flexibility index (Phi) is 4.97. The molecule has 0 aromatic heterocycles. The van der Waals surface area contributed by atoms with E-state index in [9.17, 15) is 14.4 Å². The molecule has 1 aliphatic rings. The summed E-state index contributed by atoms with van der Waals surface area (Å²) in [5, 5.41) is 2.09. The molecule has 6 nitrogen and oxygen atoms in total. The summed E-state index contributed by atoms with van der Waals surface area (Å²) >= 11 is 11.4. The first-order chi connectivity index (χ1) is 12.4. The summed E-state index contributed by atoms with van der Waals surface area (Å²) in [6.07, 6.45) is 0. The molecule has 1 aliphatic heterocycles. The van der Waals surface area contributed by atoms with E-state index in [1.54, 1.807) is 24.3 Å². The van der Waals surface area contributed by atoms with Crippen LogP contribution in [0.2, 0.25) is 0 Å².